The highest BCUT2D eigenvalue weighted by Crippen LogP contribution is 2.24. The molecule has 1 atom stereocenters. The van der Waals surface area contributed by atoms with E-state index in [1.54, 1.807) is 13.3 Å². The van der Waals surface area contributed by atoms with E-state index >= 15 is 0 Å². The number of benzene rings is 2. The van der Waals surface area contributed by atoms with Gasteiger partial charge in [-0.3, -0.25) is 4.79 Å². The zero-order chi connectivity index (χ0) is 20.1. The molecule has 2 aromatic carbocycles. The summed E-state index contributed by atoms with van der Waals surface area (Å²) in [5, 5.41) is 3.03. The van der Waals surface area contributed by atoms with Gasteiger partial charge in [-0.2, -0.15) is 0 Å². The van der Waals surface area contributed by atoms with E-state index in [1.807, 2.05) is 74.1 Å². The van der Waals surface area contributed by atoms with E-state index in [0.29, 0.717) is 5.75 Å². The molecule has 28 heavy (non-hydrogen) atoms. The molecule has 1 N–H and O–H groups in total. The first-order valence-electron chi connectivity index (χ1n) is 9.08. The van der Waals surface area contributed by atoms with Crippen LogP contribution in [0.1, 0.15) is 28.6 Å². The summed E-state index contributed by atoms with van der Waals surface area (Å²) < 4.78 is 13.0. The summed E-state index contributed by atoms with van der Waals surface area (Å²) in [6.07, 6.45) is 3.56. The Kier molecular flexibility index (Phi) is 5.99. The predicted octanol–water partition coefficient (Wildman–Crippen LogP) is 3.33. The van der Waals surface area contributed by atoms with Gasteiger partial charge in [-0.15, -0.1) is 0 Å². The molecule has 6 heteroatoms. The number of carbonyl (C=O) groups excluding carboxylic acids is 1. The highest BCUT2D eigenvalue weighted by Gasteiger charge is 2.21. The number of carbonyl (C=O) groups is 1. The van der Waals surface area contributed by atoms with Crippen LogP contribution in [0.4, 0.5) is 0 Å². The summed E-state index contributed by atoms with van der Waals surface area (Å²) in [5.41, 5.74) is 2.96. The van der Waals surface area contributed by atoms with Crippen molar-refractivity contribution in [2.24, 2.45) is 7.05 Å². The van der Waals surface area contributed by atoms with Crippen LogP contribution in [-0.4, -0.2) is 29.2 Å². The van der Waals surface area contributed by atoms with E-state index in [-0.39, 0.29) is 12.5 Å². The summed E-state index contributed by atoms with van der Waals surface area (Å²) in [6.45, 7) is 3.88. The first-order valence-corrected chi connectivity index (χ1v) is 9.08. The van der Waals surface area contributed by atoms with Crippen molar-refractivity contribution in [3.8, 4) is 11.5 Å². The quantitative estimate of drug-likeness (QED) is 0.684. The number of methoxy groups -OCH3 is 1. The largest absolute Gasteiger partial charge is 0.497 e. The second-order valence-corrected chi connectivity index (χ2v) is 6.73. The molecule has 3 aromatic rings. The predicted molar refractivity (Wildman–Crippen MR) is 108 cm³/mol. The number of imidazole rings is 1. The Labute approximate surface area is 165 Å². The van der Waals surface area contributed by atoms with E-state index in [2.05, 4.69) is 10.3 Å². The Balaban J connectivity index is 1.78. The lowest BCUT2D eigenvalue weighted by molar-refractivity contribution is -0.123. The maximum atomic E-state index is 12.7. The zero-order valence-corrected chi connectivity index (χ0v) is 16.6. The number of hydrogen-bond donors (Lipinski definition) is 1. The zero-order valence-electron chi connectivity index (χ0n) is 16.6. The lowest BCUT2D eigenvalue weighted by Gasteiger charge is -2.20. The van der Waals surface area contributed by atoms with Gasteiger partial charge in [-0.1, -0.05) is 24.3 Å². The molecule has 0 bridgehead atoms. The first-order chi connectivity index (χ1) is 13.5. The number of rotatable bonds is 7. The SMILES string of the molecule is COc1cccc(C(NC(=O)COc2cc(C)ccc2C)c2nccn2C)c1. The van der Waals surface area contributed by atoms with Gasteiger partial charge in [0.15, 0.2) is 6.61 Å². The molecule has 0 fully saturated rings. The lowest BCUT2D eigenvalue weighted by Crippen LogP contribution is -2.34. The van der Waals surface area contributed by atoms with E-state index in [9.17, 15) is 4.79 Å². The van der Waals surface area contributed by atoms with Gasteiger partial charge in [-0.25, -0.2) is 4.98 Å². The number of amides is 1. The summed E-state index contributed by atoms with van der Waals surface area (Å²) in [6, 6.07) is 13.1. The Hall–Kier alpha value is -3.28. The Morgan fingerprint density at radius 3 is 2.75 bits per heavy atom. The third kappa shape index (κ3) is 4.52. The minimum atomic E-state index is -0.412. The minimum absolute atomic E-state index is 0.0742. The van der Waals surface area contributed by atoms with Crippen LogP contribution in [0.25, 0.3) is 0 Å². The van der Waals surface area contributed by atoms with Crippen LogP contribution < -0.4 is 14.8 Å². The number of aromatic nitrogens is 2. The van der Waals surface area contributed by atoms with Crippen molar-refractivity contribution in [3.63, 3.8) is 0 Å². The molecule has 3 rings (SSSR count). The molecule has 1 aromatic heterocycles. The standard InChI is InChI=1S/C22H25N3O3/c1-15-8-9-16(2)19(12-15)28-14-20(26)24-21(22-23-10-11-25(22)3)17-6-5-7-18(13-17)27-4/h5-13,21H,14H2,1-4H3,(H,24,26). The van der Waals surface area contributed by atoms with Gasteiger partial charge in [0.05, 0.1) is 7.11 Å². The summed E-state index contributed by atoms with van der Waals surface area (Å²) in [5.74, 6) is 1.94. The first kappa shape index (κ1) is 19.5. The smallest absolute Gasteiger partial charge is 0.258 e. The van der Waals surface area contributed by atoms with Crippen LogP contribution in [-0.2, 0) is 11.8 Å². The van der Waals surface area contributed by atoms with Gasteiger partial charge >= 0.3 is 0 Å². The molecule has 0 saturated heterocycles. The summed E-state index contributed by atoms with van der Waals surface area (Å²) in [4.78, 5) is 17.1. The van der Waals surface area contributed by atoms with Gasteiger partial charge in [-0.05, 0) is 48.7 Å². The van der Waals surface area contributed by atoms with Gasteiger partial charge in [0.1, 0.15) is 23.4 Å². The van der Waals surface area contributed by atoms with Gasteiger partial charge < -0.3 is 19.4 Å². The Morgan fingerprint density at radius 2 is 2.04 bits per heavy atom. The van der Waals surface area contributed by atoms with Crippen LogP contribution in [0.2, 0.25) is 0 Å². The molecule has 0 radical (unpaired) electrons. The monoisotopic (exact) mass is 379 g/mol. The van der Waals surface area contributed by atoms with Crippen molar-refractivity contribution >= 4 is 5.91 Å². The number of ether oxygens (including phenoxy) is 2. The fourth-order valence-corrected chi connectivity index (χ4v) is 2.98. The van der Waals surface area contributed by atoms with E-state index < -0.39 is 6.04 Å². The molecule has 0 aliphatic heterocycles. The average Bonchev–Trinajstić information content (AvgIpc) is 3.12. The third-order valence-electron chi connectivity index (χ3n) is 4.55. The molecule has 0 aliphatic carbocycles. The molecule has 0 saturated carbocycles. The van der Waals surface area contributed by atoms with Crippen LogP contribution >= 0.6 is 0 Å². The maximum absolute atomic E-state index is 12.7. The molecular formula is C22H25N3O3. The second-order valence-electron chi connectivity index (χ2n) is 6.73. The van der Waals surface area contributed by atoms with Crippen molar-refractivity contribution in [3.05, 3.63) is 77.4 Å². The summed E-state index contributed by atoms with van der Waals surface area (Å²) in [7, 11) is 3.51. The topological polar surface area (TPSA) is 65.4 Å². The summed E-state index contributed by atoms with van der Waals surface area (Å²) >= 11 is 0. The van der Waals surface area contributed by atoms with Crippen LogP contribution in [0.5, 0.6) is 11.5 Å². The number of nitrogens with one attached hydrogen (secondary N) is 1. The number of aryl methyl sites for hydroxylation is 3. The maximum Gasteiger partial charge on any atom is 0.258 e. The van der Waals surface area contributed by atoms with E-state index in [1.165, 1.54) is 0 Å². The van der Waals surface area contributed by atoms with E-state index in [4.69, 9.17) is 9.47 Å². The lowest BCUT2D eigenvalue weighted by atomic mass is 10.1. The Morgan fingerprint density at radius 1 is 1.21 bits per heavy atom. The van der Waals surface area contributed by atoms with Crippen LogP contribution in [0, 0.1) is 13.8 Å². The molecule has 1 amide bonds. The highest BCUT2D eigenvalue weighted by molar-refractivity contribution is 5.78. The highest BCUT2D eigenvalue weighted by atomic mass is 16.5. The van der Waals surface area contributed by atoms with Crippen molar-refractivity contribution in [1.82, 2.24) is 14.9 Å². The molecule has 1 unspecified atom stereocenters. The normalized spacial score (nSPS) is 11.7. The van der Waals surface area contributed by atoms with Crippen molar-refractivity contribution in [1.29, 1.82) is 0 Å². The van der Waals surface area contributed by atoms with E-state index in [0.717, 1.165) is 28.3 Å². The molecule has 1 heterocycles. The number of nitrogens with zero attached hydrogens (tertiary/aromatic N) is 2. The van der Waals surface area contributed by atoms with Crippen molar-refractivity contribution in [2.45, 2.75) is 19.9 Å². The van der Waals surface area contributed by atoms with Crippen LogP contribution in [0.3, 0.4) is 0 Å². The fraction of sp³-hybridized carbons (Fsp3) is 0.273. The van der Waals surface area contributed by atoms with Crippen LogP contribution in [0.15, 0.2) is 54.9 Å². The van der Waals surface area contributed by atoms with Crippen molar-refractivity contribution in [2.75, 3.05) is 13.7 Å². The minimum Gasteiger partial charge on any atom is -0.497 e. The molecule has 0 aliphatic rings. The molecule has 6 nitrogen and oxygen atoms in total. The fourth-order valence-electron chi connectivity index (χ4n) is 2.98. The average molecular weight is 379 g/mol. The Bertz CT molecular complexity index is 965. The molecular weight excluding hydrogens is 354 g/mol. The third-order valence-corrected chi connectivity index (χ3v) is 4.55. The van der Waals surface area contributed by atoms with Gasteiger partial charge in [0, 0.05) is 19.4 Å². The van der Waals surface area contributed by atoms with Gasteiger partial charge in [0.25, 0.3) is 5.91 Å². The molecule has 0 spiro atoms. The molecule has 146 valence electrons. The van der Waals surface area contributed by atoms with Crippen molar-refractivity contribution < 1.29 is 14.3 Å². The van der Waals surface area contributed by atoms with Gasteiger partial charge in [0.2, 0.25) is 0 Å². The number of hydrogen-bond acceptors (Lipinski definition) is 4. The second kappa shape index (κ2) is 8.61.